The average Bonchev–Trinajstić information content (AvgIpc) is 3.47. The predicted octanol–water partition coefficient (Wildman–Crippen LogP) is 5.39. The first-order valence-electron chi connectivity index (χ1n) is 11.2. The zero-order valence-electron chi connectivity index (χ0n) is 18.3. The van der Waals surface area contributed by atoms with Crippen LogP contribution >= 0.6 is 0 Å². The molecule has 0 amide bonds. The number of nitrogens with zero attached hydrogens (tertiary/aromatic N) is 2. The van der Waals surface area contributed by atoms with Gasteiger partial charge < -0.3 is 15.0 Å². The van der Waals surface area contributed by atoms with Crippen molar-refractivity contribution >= 4 is 21.8 Å². The fraction of sp³-hybridized carbons (Fsp3) is 0.231. The Bertz CT molecular complexity index is 1460. The number of hydrogen-bond acceptors (Lipinski definition) is 4. The van der Waals surface area contributed by atoms with Gasteiger partial charge in [0.25, 0.3) is 0 Å². The third-order valence-corrected chi connectivity index (χ3v) is 6.56. The molecule has 166 valence electrons. The highest BCUT2D eigenvalue weighted by atomic mass is 19.1. The fourth-order valence-corrected chi connectivity index (χ4v) is 4.85. The predicted molar refractivity (Wildman–Crippen MR) is 128 cm³/mol. The lowest BCUT2D eigenvalue weighted by atomic mass is 9.93. The second kappa shape index (κ2) is 8.01. The summed E-state index contributed by atoms with van der Waals surface area (Å²) < 4.78 is 19.5. The van der Waals surface area contributed by atoms with Crippen LogP contribution in [0, 0.1) is 5.82 Å². The van der Waals surface area contributed by atoms with E-state index in [1.54, 1.807) is 7.11 Å². The van der Waals surface area contributed by atoms with Gasteiger partial charge >= 0.3 is 0 Å². The van der Waals surface area contributed by atoms with E-state index in [0.29, 0.717) is 11.7 Å². The number of piperidine rings is 1. The zero-order valence-corrected chi connectivity index (χ0v) is 18.3. The van der Waals surface area contributed by atoms with Gasteiger partial charge in [-0.2, -0.15) is 5.10 Å². The van der Waals surface area contributed by atoms with Crippen molar-refractivity contribution in [3.8, 4) is 28.3 Å². The molecule has 0 radical (unpaired) electrons. The number of nitrogens with one attached hydrogen (secondary N) is 3. The number of fused-ring (bicyclic) bond motifs is 2. The molecule has 1 aliphatic rings. The number of aromatic amines is 2. The average molecular weight is 442 g/mol. The summed E-state index contributed by atoms with van der Waals surface area (Å²) in [6.07, 6.45) is 4.08. The molecule has 2 aromatic carbocycles. The number of halogens is 1. The van der Waals surface area contributed by atoms with Crippen LogP contribution in [-0.2, 0) is 0 Å². The first-order chi connectivity index (χ1) is 16.2. The summed E-state index contributed by atoms with van der Waals surface area (Å²) in [5.41, 5.74) is 6.48. The quantitative estimate of drug-likeness (QED) is 0.350. The lowest BCUT2D eigenvalue weighted by Crippen LogP contribution is -2.27. The SMILES string of the molecule is COc1cc(F)cc(-c2cccc3[nH]c(-c4n[nH]c5cnc(C6CCNCC6)cc45)cc23)c1. The van der Waals surface area contributed by atoms with Gasteiger partial charge in [-0.05, 0) is 67.4 Å². The van der Waals surface area contributed by atoms with E-state index in [2.05, 4.69) is 32.6 Å². The minimum Gasteiger partial charge on any atom is -0.497 e. The molecule has 0 unspecified atom stereocenters. The highest BCUT2D eigenvalue weighted by Gasteiger charge is 2.19. The molecular weight excluding hydrogens is 417 g/mol. The van der Waals surface area contributed by atoms with E-state index in [0.717, 1.165) is 75.9 Å². The molecule has 3 aromatic heterocycles. The van der Waals surface area contributed by atoms with Crippen LogP contribution in [0.25, 0.3) is 44.3 Å². The molecule has 6 rings (SSSR count). The van der Waals surface area contributed by atoms with E-state index in [9.17, 15) is 4.39 Å². The summed E-state index contributed by atoms with van der Waals surface area (Å²) in [5, 5.41) is 13.2. The first-order valence-corrected chi connectivity index (χ1v) is 11.2. The van der Waals surface area contributed by atoms with Crippen molar-refractivity contribution in [3.63, 3.8) is 0 Å². The highest BCUT2D eigenvalue weighted by molar-refractivity contribution is 6.01. The lowest BCUT2D eigenvalue weighted by Gasteiger charge is -2.22. The molecule has 1 fully saturated rings. The highest BCUT2D eigenvalue weighted by Crippen LogP contribution is 2.36. The van der Waals surface area contributed by atoms with Crippen molar-refractivity contribution < 1.29 is 9.13 Å². The number of H-pyrrole nitrogens is 2. The van der Waals surface area contributed by atoms with Gasteiger partial charge in [-0.3, -0.25) is 10.1 Å². The van der Waals surface area contributed by atoms with Crippen molar-refractivity contribution in [1.29, 1.82) is 0 Å². The van der Waals surface area contributed by atoms with E-state index < -0.39 is 0 Å². The van der Waals surface area contributed by atoms with Gasteiger partial charge in [-0.25, -0.2) is 4.39 Å². The van der Waals surface area contributed by atoms with Crippen LogP contribution in [-0.4, -0.2) is 40.4 Å². The Hall–Kier alpha value is -3.71. The summed E-state index contributed by atoms with van der Waals surface area (Å²) in [6, 6.07) is 15.0. The fourth-order valence-electron chi connectivity index (χ4n) is 4.85. The van der Waals surface area contributed by atoms with Gasteiger partial charge in [0.2, 0.25) is 0 Å². The Morgan fingerprint density at radius 3 is 2.73 bits per heavy atom. The molecule has 1 aliphatic heterocycles. The third kappa shape index (κ3) is 3.54. The van der Waals surface area contributed by atoms with E-state index >= 15 is 0 Å². The van der Waals surface area contributed by atoms with E-state index in [1.165, 1.54) is 12.1 Å². The first kappa shape index (κ1) is 19.9. The third-order valence-electron chi connectivity index (χ3n) is 6.56. The molecule has 33 heavy (non-hydrogen) atoms. The molecular formula is C26H24FN5O. The molecule has 3 N–H and O–H groups in total. The van der Waals surface area contributed by atoms with Crippen molar-refractivity contribution in [2.24, 2.45) is 0 Å². The number of aromatic nitrogens is 4. The minimum absolute atomic E-state index is 0.326. The van der Waals surface area contributed by atoms with Crippen molar-refractivity contribution in [1.82, 2.24) is 25.5 Å². The van der Waals surface area contributed by atoms with Crippen LogP contribution in [0.15, 0.2) is 54.7 Å². The van der Waals surface area contributed by atoms with Crippen LogP contribution in [0.5, 0.6) is 5.75 Å². The van der Waals surface area contributed by atoms with Gasteiger partial charge in [-0.1, -0.05) is 12.1 Å². The molecule has 0 spiro atoms. The maximum absolute atomic E-state index is 14.2. The minimum atomic E-state index is -0.326. The van der Waals surface area contributed by atoms with E-state index in [-0.39, 0.29) is 5.82 Å². The molecule has 1 saturated heterocycles. The van der Waals surface area contributed by atoms with Crippen LogP contribution < -0.4 is 10.1 Å². The number of rotatable bonds is 4. The van der Waals surface area contributed by atoms with Crippen LogP contribution in [0.1, 0.15) is 24.5 Å². The van der Waals surface area contributed by atoms with Gasteiger partial charge in [0.05, 0.1) is 24.5 Å². The summed E-state index contributed by atoms with van der Waals surface area (Å²) in [6.45, 7) is 2.05. The van der Waals surface area contributed by atoms with Crippen LogP contribution in [0.2, 0.25) is 0 Å². The summed E-state index contributed by atoms with van der Waals surface area (Å²) in [4.78, 5) is 8.21. The number of benzene rings is 2. The molecule has 5 aromatic rings. The monoisotopic (exact) mass is 441 g/mol. The summed E-state index contributed by atoms with van der Waals surface area (Å²) in [7, 11) is 1.54. The number of ether oxygens (including phenoxy) is 1. The van der Waals surface area contributed by atoms with Gasteiger partial charge in [0, 0.05) is 34.0 Å². The van der Waals surface area contributed by atoms with E-state index in [4.69, 9.17) is 9.72 Å². The Balaban J connectivity index is 1.46. The zero-order chi connectivity index (χ0) is 22.4. The number of hydrogen-bond donors (Lipinski definition) is 3. The van der Waals surface area contributed by atoms with Crippen molar-refractivity contribution in [2.75, 3.05) is 20.2 Å². The molecule has 0 bridgehead atoms. The van der Waals surface area contributed by atoms with E-state index in [1.807, 2.05) is 30.5 Å². The van der Waals surface area contributed by atoms with Crippen LogP contribution in [0.4, 0.5) is 4.39 Å². The van der Waals surface area contributed by atoms with Crippen LogP contribution in [0.3, 0.4) is 0 Å². The Labute approximate surface area is 190 Å². The lowest BCUT2D eigenvalue weighted by molar-refractivity contribution is 0.411. The smallest absolute Gasteiger partial charge is 0.127 e. The Kier molecular flexibility index (Phi) is 4.84. The molecule has 6 nitrogen and oxygen atoms in total. The largest absolute Gasteiger partial charge is 0.497 e. The second-order valence-electron chi connectivity index (χ2n) is 8.58. The maximum atomic E-state index is 14.2. The normalized spacial score (nSPS) is 14.8. The standard InChI is InChI=1S/C26H24FN5O/c1-33-18-10-16(9-17(27)11-18)19-3-2-4-22-20(19)12-24(30-22)26-21-13-23(15-5-7-28-8-6-15)29-14-25(21)31-32-26/h2-4,9-15,28,30H,5-8H2,1H3,(H,31,32). The maximum Gasteiger partial charge on any atom is 0.127 e. The topological polar surface area (TPSA) is 78.6 Å². The van der Waals surface area contributed by atoms with Crippen molar-refractivity contribution in [3.05, 3.63) is 66.2 Å². The Morgan fingerprint density at radius 2 is 1.88 bits per heavy atom. The van der Waals surface area contributed by atoms with Gasteiger partial charge in [0.1, 0.15) is 17.3 Å². The molecule has 0 atom stereocenters. The number of pyridine rings is 1. The molecule has 0 aliphatic carbocycles. The summed E-state index contributed by atoms with van der Waals surface area (Å²) >= 11 is 0. The Morgan fingerprint density at radius 1 is 1.00 bits per heavy atom. The number of methoxy groups -OCH3 is 1. The van der Waals surface area contributed by atoms with Gasteiger partial charge in [0.15, 0.2) is 0 Å². The summed E-state index contributed by atoms with van der Waals surface area (Å²) in [5.74, 6) is 0.637. The molecule has 4 heterocycles. The molecule has 7 heteroatoms. The van der Waals surface area contributed by atoms with Crippen molar-refractivity contribution in [2.45, 2.75) is 18.8 Å². The second-order valence-corrected chi connectivity index (χ2v) is 8.58. The van der Waals surface area contributed by atoms with Gasteiger partial charge in [-0.15, -0.1) is 0 Å². The molecule has 0 saturated carbocycles.